The second-order valence-electron chi connectivity index (χ2n) is 5.07. The number of hydrogen-bond donors (Lipinski definition) is 2. The minimum atomic E-state index is -0.782. The van der Waals surface area contributed by atoms with Crippen molar-refractivity contribution in [1.82, 2.24) is 5.32 Å². The fraction of sp³-hybridized carbons (Fsp3) is 0.188. The summed E-state index contributed by atoms with van der Waals surface area (Å²) in [6.07, 6.45) is 0. The van der Waals surface area contributed by atoms with Gasteiger partial charge in [-0.3, -0.25) is 4.79 Å². The van der Waals surface area contributed by atoms with Crippen LogP contribution in [0.2, 0.25) is 0 Å². The van der Waals surface area contributed by atoms with E-state index in [4.69, 9.17) is 0 Å². The highest BCUT2D eigenvalue weighted by Crippen LogP contribution is 2.30. The molecule has 3 aromatic rings. The Bertz CT molecular complexity index is 734. The first kappa shape index (κ1) is 14.3. The number of fused-ring (bicyclic) bond motifs is 1. The van der Waals surface area contributed by atoms with Crippen molar-refractivity contribution in [2.75, 3.05) is 6.61 Å². The number of carbonyl (C=O) groups excluding carboxylic acids is 1. The SMILES string of the molecule is CC(CO)(NC(=O)c1cc2sccc2s1)c1ccccc1. The van der Waals surface area contributed by atoms with Gasteiger partial charge in [-0.15, -0.1) is 22.7 Å². The Morgan fingerprint density at radius 3 is 2.67 bits per heavy atom. The van der Waals surface area contributed by atoms with Gasteiger partial charge in [0.1, 0.15) is 0 Å². The van der Waals surface area contributed by atoms with Gasteiger partial charge in [-0.05, 0) is 30.0 Å². The van der Waals surface area contributed by atoms with E-state index in [1.54, 1.807) is 11.3 Å². The topological polar surface area (TPSA) is 49.3 Å². The Kier molecular flexibility index (Phi) is 3.80. The van der Waals surface area contributed by atoms with Crippen LogP contribution in [0.4, 0.5) is 0 Å². The number of thiophene rings is 2. The number of carbonyl (C=O) groups is 1. The lowest BCUT2D eigenvalue weighted by molar-refractivity contribution is 0.0854. The van der Waals surface area contributed by atoms with Gasteiger partial charge in [0, 0.05) is 9.40 Å². The van der Waals surface area contributed by atoms with E-state index in [0.29, 0.717) is 4.88 Å². The van der Waals surface area contributed by atoms with Crippen molar-refractivity contribution in [3.63, 3.8) is 0 Å². The quantitative estimate of drug-likeness (QED) is 0.772. The van der Waals surface area contributed by atoms with Crippen LogP contribution >= 0.6 is 22.7 Å². The van der Waals surface area contributed by atoms with E-state index >= 15 is 0 Å². The van der Waals surface area contributed by atoms with Gasteiger partial charge in [0.2, 0.25) is 0 Å². The zero-order valence-corrected chi connectivity index (χ0v) is 13.1. The molecule has 5 heteroatoms. The fourth-order valence-electron chi connectivity index (χ4n) is 2.20. The lowest BCUT2D eigenvalue weighted by Gasteiger charge is -2.29. The average molecular weight is 317 g/mol. The van der Waals surface area contributed by atoms with Gasteiger partial charge >= 0.3 is 0 Å². The van der Waals surface area contributed by atoms with Crippen molar-refractivity contribution in [2.24, 2.45) is 0 Å². The van der Waals surface area contributed by atoms with Crippen molar-refractivity contribution < 1.29 is 9.90 Å². The second kappa shape index (κ2) is 5.60. The molecule has 0 fully saturated rings. The highest BCUT2D eigenvalue weighted by atomic mass is 32.1. The molecule has 2 heterocycles. The molecule has 0 aliphatic carbocycles. The van der Waals surface area contributed by atoms with E-state index in [2.05, 4.69) is 5.32 Å². The van der Waals surface area contributed by atoms with E-state index < -0.39 is 5.54 Å². The third-order valence-corrected chi connectivity index (χ3v) is 5.57. The maximum Gasteiger partial charge on any atom is 0.262 e. The number of amides is 1. The smallest absolute Gasteiger partial charge is 0.262 e. The van der Waals surface area contributed by atoms with Crippen LogP contribution in [0.3, 0.4) is 0 Å². The molecule has 1 amide bonds. The predicted molar refractivity (Wildman–Crippen MR) is 88.0 cm³/mol. The van der Waals surface area contributed by atoms with E-state index in [9.17, 15) is 9.90 Å². The van der Waals surface area contributed by atoms with E-state index in [1.165, 1.54) is 11.3 Å². The van der Waals surface area contributed by atoms with E-state index in [-0.39, 0.29) is 12.5 Å². The van der Waals surface area contributed by atoms with Crippen molar-refractivity contribution >= 4 is 38.0 Å². The molecule has 0 aliphatic rings. The molecule has 21 heavy (non-hydrogen) atoms. The summed E-state index contributed by atoms with van der Waals surface area (Å²) < 4.78 is 2.24. The molecule has 0 spiro atoms. The van der Waals surface area contributed by atoms with Gasteiger partial charge in [0.25, 0.3) is 5.91 Å². The van der Waals surface area contributed by atoms with Gasteiger partial charge in [0.15, 0.2) is 0 Å². The Morgan fingerprint density at radius 2 is 2.00 bits per heavy atom. The molecular weight excluding hydrogens is 302 g/mol. The molecule has 0 radical (unpaired) electrons. The fourth-order valence-corrected chi connectivity index (χ4v) is 4.20. The highest BCUT2D eigenvalue weighted by Gasteiger charge is 2.28. The minimum absolute atomic E-state index is 0.149. The van der Waals surface area contributed by atoms with Gasteiger partial charge in [-0.25, -0.2) is 0 Å². The maximum atomic E-state index is 12.5. The van der Waals surface area contributed by atoms with Crippen LogP contribution in [0, 0.1) is 0 Å². The molecular formula is C16H15NO2S2. The first-order valence-electron chi connectivity index (χ1n) is 6.58. The number of nitrogens with one attached hydrogen (secondary N) is 1. The number of aliphatic hydroxyl groups is 1. The van der Waals surface area contributed by atoms with E-state index in [1.807, 2.05) is 54.8 Å². The molecule has 0 saturated heterocycles. The average Bonchev–Trinajstić information content (AvgIpc) is 3.09. The standard InChI is InChI=1S/C16H15NO2S2/c1-16(10-18,11-5-3-2-4-6-11)17-15(19)14-9-13-12(21-14)7-8-20-13/h2-9,18H,10H2,1H3,(H,17,19). The number of benzene rings is 1. The molecule has 108 valence electrons. The summed E-state index contributed by atoms with van der Waals surface area (Å²) in [6.45, 7) is 1.68. The third kappa shape index (κ3) is 2.72. The second-order valence-corrected chi connectivity index (χ2v) is 7.10. The van der Waals surface area contributed by atoms with Crippen LogP contribution in [0.25, 0.3) is 9.40 Å². The Labute approximate surface area is 130 Å². The van der Waals surface area contributed by atoms with Gasteiger partial charge in [-0.2, -0.15) is 0 Å². The van der Waals surface area contributed by atoms with Gasteiger partial charge < -0.3 is 10.4 Å². The van der Waals surface area contributed by atoms with Crippen LogP contribution in [0.5, 0.6) is 0 Å². The zero-order valence-electron chi connectivity index (χ0n) is 11.5. The summed E-state index contributed by atoms with van der Waals surface area (Å²) in [5, 5.41) is 14.7. The highest BCUT2D eigenvalue weighted by molar-refractivity contribution is 7.27. The van der Waals surface area contributed by atoms with Gasteiger partial charge in [-0.1, -0.05) is 30.3 Å². The van der Waals surface area contributed by atoms with Gasteiger partial charge in [0.05, 0.1) is 17.0 Å². The first-order valence-corrected chi connectivity index (χ1v) is 8.28. The molecule has 0 bridgehead atoms. The zero-order chi connectivity index (χ0) is 14.9. The Balaban J connectivity index is 1.86. The van der Waals surface area contributed by atoms with Crippen LogP contribution in [0.15, 0.2) is 47.8 Å². The summed E-state index contributed by atoms with van der Waals surface area (Å²) in [6, 6.07) is 13.4. The molecule has 0 aliphatic heterocycles. The van der Waals surface area contributed by atoms with Crippen molar-refractivity contribution in [2.45, 2.75) is 12.5 Å². The summed E-state index contributed by atoms with van der Waals surface area (Å²) in [7, 11) is 0. The predicted octanol–water partition coefficient (Wildman–Crippen LogP) is 3.60. The Morgan fingerprint density at radius 1 is 1.24 bits per heavy atom. The minimum Gasteiger partial charge on any atom is -0.394 e. The third-order valence-electron chi connectivity index (χ3n) is 3.48. The van der Waals surface area contributed by atoms with Crippen molar-refractivity contribution in [3.8, 4) is 0 Å². The van der Waals surface area contributed by atoms with Crippen molar-refractivity contribution in [1.29, 1.82) is 0 Å². The molecule has 2 N–H and O–H groups in total. The lowest BCUT2D eigenvalue weighted by Crippen LogP contribution is -2.46. The Hall–Kier alpha value is -1.69. The summed E-state index contributed by atoms with van der Waals surface area (Å²) >= 11 is 3.10. The molecule has 1 unspecified atom stereocenters. The normalized spacial score (nSPS) is 14.0. The molecule has 0 saturated carbocycles. The number of aliphatic hydroxyl groups excluding tert-OH is 1. The summed E-state index contributed by atoms with van der Waals surface area (Å²) in [5.74, 6) is -0.149. The number of hydrogen-bond acceptors (Lipinski definition) is 4. The van der Waals surface area contributed by atoms with Crippen LogP contribution < -0.4 is 5.32 Å². The summed E-state index contributed by atoms with van der Waals surface area (Å²) in [5.41, 5.74) is 0.106. The molecule has 1 aromatic carbocycles. The molecule has 1 atom stereocenters. The molecule has 2 aromatic heterocycles. The molecule has 3 rings (SSSR count). The van der Waals surface area contributed by atoms with Crippen LogP contribution in [-0.4, -0.2) is 17.6 Å². The van der Waals surface area contributed by atoms with E-state index in [0.717, 1.165) is 15.0 Å². The lowest BCUT2D eigenvalue weighted by atomic mass is 9.93. The first-order chi connectivity index (χ1) is 10.1. The maximum absolute atomic E-state index is 12.5. The van der Waals surface area contributed by atoms with Crippen LogP contribution in [0.1, 0.15) is 22.2 Å². The molecule has 3 nitrogen and oxygen atoms in total. The van der Waals surface area contributed by atoms with Crippen LogP contribution in [-0.2, 0) is 5.54 Å². The summed E-state index contributed by atoms with van der Waals surface area (Å²) in [4.78, 5) is 13.1. The monoisotopic (exact) mass is 317 g/mol. The van der Waals surface area contributed by atoms with Crippen molar-refractivity contribution in [3.05, 3.63) is 58.3 Å². The largest absolute Gasteiger partial charge is 0.394 e. The number of rotatable bonds is 4.